The number of hydrogen-bond donors (Lipinski definition) is 1. The Labute approximate surface area is 142 Å². The molecule has 1 amide bonds. The molecule has 1 aromatic heterocycles. The van der Waals surface area contributed by atoms with Crippen LogP contribution in [0.3, 0.4) is 0 Å². The number of hydrogen-bond acceptors (Lipinski definition) is 7. The topological polar surface area (TPSA) is 110 Å². The molecule has 8 nitrogen and oxygen atoms in total. The van der Waals surface area contributed by atoms with E-state index in [9.17, 15) is 4.79 Å². The van der Waals surface area contributed by atoms with E-state index in [2.05, 4.69) is 10.1 Å². The maximum atomic E-state index is 11.0. The molecule has 2 heterocycles. The second-order valence-corrected chi connectivity index (χ2v) is 5.29. The Morgan fingerprint density at radius 2 is 1.92 bits per heavy atom. The average Bonchev–Trinajstić information content (AvgIpc) is 3.29. The number of fused-ring (bicyclic) bond motifs is 1. The number of rotatable bonds is 5. The lowest BCUT2D eigenvalue weighted by Crippen LogP contribution is -2.10. The van der Waals surface area contributed by atoms with Crippen molar-refractivity contribution in [2.45, 2.75) is 6.61 Å². The monoisotopic (exact) mass is 339 g/mol. The highest BCUT2D eigenvalue weighted by molar-refractivity contribution is 5.88. The van der Waals surface area contributed by atoms with Crippen LogP contribution in [0.15, 0.2) is 47.0 Å². The van der Waals surface area contributed by atoms with E-state index in [0.29, 0.717) is 35.2 Å². The SMILES string of the molecule is NC(=O)c1nc(-c2ccc(COc3ccc4c(c3)OCO4)cc2)no1. The summed E-state index contributed by atoms with van der Waals surface area (Å²) in [5.74, 6) is 1.41. The minimum absolute atomic E-state index is 0.217. The Morgan fingerprint density at radius 3 is 2.68 bits per heavy atom. The maximum absolute atomic E-state index is 11.0. The van der Waals surface area contributed by atoms with Crippen LogP contribution in [-0.2, 0) is 6.61 Å². The summed E-state index contributed by atoms with van der Waals surface area (Å²) in [6.45, 7) is 0.618. The lowest BCUT2D eigenvalue weighted by molar-refractivity contribution is 0.0958. The average molecular weight is 339 g/mol. The molecule has 0 atom stereocenters. The molecule has 0 saturated heterocycles. The third-order valence-electron chi connectivity index (χ3n) is 3.60. The summed E-state index contributed by atoms with van der Waals surface area (Å²) in [5, 5.41) is 3.72. The predicted octanol–water partition coefficient (Wildman–Crippen LogP) is 2.14. The fraction of sp³-hybridized carbons (Fsp3) is 0.118. The molecule has 25 heavy (non-hydrogen) atoms. The summed E-state index contributed by atoms with van der Waals surface area (Å²) >= 11 is 0. The molecule has 2 N–H and O–H groups in total. The standard InChI is InChI=1S/C17H13N3O5/c18-15(21)17-19-16(20-25-17)11-3-1-10(2-4-11)8-22-12-5-6-13-14(7-12)24-9-23-13/h1-7H,8-9H2,(H2,18,21). The van der Waals surface area contributed by atoms with Crippen LogP contribution in [0, 0.1) is 0 Å². The van der Waals surface area contributed by atoms with E-state index in [0.717, 1.165) is 5.56 Å². The van der Waals surface area contributed by atoms with Gasteiger partial charge in [0.15, 0.2) is 11.5 Å². The molecule has 0 aliphatic carbocycles. The second-order valence-electron chi connectivity index (χ2n) is 5.29. The van der Waals surface area contributed by atoms with E-state index in [1.165, 1.54) is 0 Å². The van der Waals surface area contributed by atoms with Crippen molar-refractivity contribution in [1.82, 2.24) is 10.1 Å². The van der Waals surface area contributed by atoms with E-state index in [-0.39, 0.29) is 12.7 Å². The molecule has 3 aromatic rings. The van der Waals surface area contributed by atoms with Crippen molar-refractivity contribution >= 4 is 5.91 Å². The lowest BCUT2D eigenvalue weighted by Gasteiger charge is -2.07. The summed E-state index contributed by atoms with van der Waals surface area (Å²) in [7, 11) is 0. The van der Waals surface area contributed by atoms with E-state index in [1.54, 1.807) is 6.07 Å². The fourth-order valence-corrected chi connectivity index (χ4v) is 2.32. The Morgan fingerprint density at radius 1 is 1.12 bits per heavy atom. The van der Waals surface area contributed by atoms with Gasteiger partial charge in [-0.2, -0.15) is 4.98 Å². The summed E-state index contributed by atoms with van der Waals surface area (Å²) in [6, 6.07) is 12.8. The minimum Gasteiger partial charge on any atom is -0.489 e. The molecular formula is C17H13N3O5. The summed E-state index contributed by atoms with van der Waals surface area (Å²) in [5.41, 5.74) is 6.76. The zero-order valence-electron chi connectivity index (χ0n) is 13.0. The minimum atomic E-state index is -0.757. The molecule has 126 valence electrons. The van der Waals surface area contributed by atoms with Crippen molar-refractivity contribution in [3.05, 3.63) is 53.9 Å². The Bertz CT molecular complexity index is 920. The van der Waals surface area contributed by atoms with Gasteiger partial charge in [-0.25, -0.2) is 0 Å². The largest absolute Gasteiger partial charge is 0.489 e. The van der Waals surface area contributed by atoms with Crippen LogP contribution in [0.4, 0.5) is 0 Å². The molecule has 0 fully saturated rings. The normalized spacial score (nSPS) is 12.2. The Balaban J connectivity index is 1.42. The van der Waals surface area contributed by atoms with E-state index in [1.807, 2.05) is 36.4 Å². The van der Waals surface area contributed by atoms with Gasteiger partial charge in [-0.3, -0.25) is 4.79 Å². The highest BCUT2D eigenvalue weighted by Gasteiger charge is 2.14. The van der Waals surface area contributed by atoms with Crippen molar-refractivity contribution in [2.75, 3.05) is 6.79 Å². The van der Waals surface area contributed by atoms with Gasteiger partial charge in [0.1, 0.15) is 12.4 Å². The third-order valence-corrected chi connectivity index (χ3v) is 3.60. The van der Waals surface area contributed by atoms with Gasteiger partial charge < -0.3 is 24.5 Å². The molecule has 0 bridgehead atoms. The first-order chi connectivity index (χ1) is 12.2. The Kier molecular flexibility index (Phi) is 3.70. The number of primary amides is 1. The maximum Gasteiger partial charge on any atom is 0.316 e. The van der Waals surface area contributed by atoms with Gasteiger partial charge in [0.2, 0.25) is 12.6 Å². The number of carbonyl (C=O) groups excluding carboxylic acids is 1. The van der Waals surface area contributed by atoms with Crippen molar-refractivity contribution in [3.63, 3.8) is 0 Å². The fourth-order valence-electron chi connectivity index (χ4n) is 2.32. The van der Waals surface area contributed by atoms with Crippen LogP contribution in [0.1, 0.15) is 16.2 Å². The number of aromatic nitrogens is 2. The van der Waals surface area contributed by atoms with Gasteiger partial charge in [0.05, 0.1) is 0 Å². The molecule has 0 unspecified atom stereocenters. The second kappa shape index (κ2) is 6.16. The van der Waals surface area contributed by atoms with Crippen molar-refractivity contribution in [3.8, 4) is 28.6 Å². The first-order valence-electron chi connectivity index (χ1n) is 7.44. The molecule has 0 radical (unpaired) electrons. The van der Waals surface area contributed by atoms with E-state index in [4.69, 9.17) is 24.5 Å². The number of benzene rings is 2. The number of ether oxygens (including phenoxy) is 3. The summed E-state index contributed by atoms with van der Waals surface area (Å²) in [6.07, 6.45) is 0. The molecular weight excluding hydrogens is 326 g/mol. The first kappa shape index (κ1) is 15.0. The molecule has 8 heteroatoms. The van der Waals surface area contributed by atoms with Gasteiger partial charge in [0.25, 0.3) is 0 Å². The molecule has 1 aliphatic rings. The predicted molar refractivity (Wildman–Crippen MR) is 85.1 cm³/mol. The molecule has 4 rings (SSSR count). The van der Waals surface area contributed by atoms with Gasteiger partial charge >= 0.3 is 11.8 Å². The van der Waals surface area contributed by atoms with Crippen LogP contribution in [0.5, 0.6) is 17.2 Å². The number of carbonyl (C=O) groups is 1. The smallest absolute Gasteiger partial charge is 0.316 e. The molecule has 0 saturated carbocycles. The van der Waals surface area contributed by atoms with Crippen LogP contribution in [0.2, 0.25) is 0 Å². The number of nitrogens with two attached hydrogens (primary N) is 1. The first-order valence-corrected chi connectivity index (χ1v) is 7.44. The van der Waals surface area contributed by atoms with Crippen LogP contribution in [-0.4, -0.2) is 22.8 Å². The Hall–Kier alpha value is -3.55. The highest BCUT2D eigenvalue weighted by atomic mass is 16.7. The number of nitrogens with zero attached hydrogens (tertiary/aromatic N) is 2. The molecule has 2 aromatic carbocycles. The van der Waals surface area contributed by atoms with Crippen molar-refractivity contribution < 1.29 is 23.5 Å². The number of amides is 1. The van der Waals surface area contributed by atoms with Gasteiger partial charge in [-0.15, -0.1) is 0 Å². The quantitative estimate of drug-likeness (QED) is 0.758. The van der Waals surface area contributed by atoms with Crippen molar-refractivity contribution in [1.29, 1.82) is 0 Å². The zero-order chi connectivity index (χ0) is 17.2. The molecule has 0 spiro atoms. The van der Waals surface area contributed by atoms with Gasteiger partial charge in [-0.05, 0) is 17.7 Å². The van der Waals surface area contributed by atoms with Crippen LogP contribution in [0.25, 0.3) is 11.4 Å². The highest BCUT2D eigenvalue weighted by Crippen LogP contribution is 2.35. The summed E-state index contributed by atoms with van der Waals surface area (Å²) in [4.78, 5) is 14.9. The van der Waals surface area contributed by atoms with Gasteiger partial charge in [0, 0.05) is 11.6 Å². The van der Waals surface area contributed by atoms with E-state index < -0.39 is 5.91 Å². The third kappa shape index (κ3) is 3.09. The van der Waals surface area contributed by atoms with Gasteiger partial charge in [-0.1, -0.05) is 29.4 Å². The molecule has 1 aliphatic heterocycles. The van der Waals surface area contributed by atoms with Crippen LogP contribution < -0.4 is 19.9 Å². The zero-order valence-corrected chi connectivity index (χ0v) is 13.0. The van der Waals surface area contributed by atoms with Crippen LogP contribution >= 0.6 is 0 Å². The lowest BCUT2D eigenvalue weighted by atomic mass is 10.1. The van der Waals surface area contributed by atoms with Crippen molar-refractivity contribution in [2.24, 2.45) is 5.73 Å². The van der Waals surface area contributed by atoms with E-state index >= 15 is 0 Å². The summed E-state index contributed by atoms with van der Waals surface area (Å²) < 4.78 is 21.1.